The fraction of sp³-hybridized carbons (Fsp3) is 0.391. The van der Waals surface area contributed by atoms with Crippen molar-refractivity contribution in [3.8, 4) is 0 Å². The van der Waals surface area contributed by atoms with E-state index >= 15 is 0 Å². The molecule has 0 aromatic heterocycles. The molecule has 5 nitrogen and oxygen atoms in total. The lowest BCUT2D eigenvalue weighted by Crippen LogP contribution is -2.59. The summed E-state index contributed by atoms with van der Waals surface area (Å²) in [6, 6.07) is 15.5. The Morgan fingerprint density at radius 2 is 1.93 bits per heavy atom. The van der Waals surface area contributed by atoms with Crippen LogP contribution in [0.15, 0.2) is 54.6 Å². The van der Waals surface area contributed by atoms with E-state index < -0.39 is 11.4 Å². The summed E-state index contributed by atoms with van der Waals surface area (Å²) in [6.07, 6.45) is 0. The van der Waals surface area contributed by atoms with Crippen LogP contribution in [0.5, 0.6) is 0 Å². The number of carbonyl (C=O) groups excluding carboxylic acids is 2. The zero-order valence-corrected chi connectivity index (χ0v) is 16.7. The zero-order valence-electron chi connectivity index (χ0n) is 16.7. The minimum Gasteiger partial charge on any atom is -0.361 e. The van der Waals surface area contributed by atoms with Crippen molar-refractivity contribution in [1.82, 2.24) is 9.80 Å². The van der Waals surface area contributed by atoms with Gasteiger partial charge in [0, 0.05) is 30.6 Å². The number of ether oxygens (including phenoxy) is 1. The smallest absolute Gasteiger partial charge is 0.257 e. The quantitative estimate of drug-likeness (QED) is 0.801. The largest absolute Gasteiger partial charge is 0.361 e. The molecule has 0 N–H and O–H groups in total. The molecule has 1 spiro atoms. The van der Waals surface area contributed by atoms with Gasteiger partial charge in [-0.2, -0.15) is 0 Å². The number of benzene rings is 2. The number of hydrogen-bond donors (Lipinski definition) is 0. The summed E-state index contributed by atoms with van der Waals surface area (Å²) in [6.45, 7) is 5.30. The van der Waals surface area contributed by atoms with Crippen molar-refractivity contribution in [3.63, 3.8) is 0 Å². The second kappa shape index (κ2) is 7.59. The van der Waals surface area contributed by atoms with E-state index in [4.69, 9.17) is 4.74 Å². The minimum atomic E-state index is -1.12. The van der Waals surface area contributed by atoms with Crippen molar-refractivity contribution >= 4 is 11.8 Å². The van der Waals surface area contributed by atoms with Crippen LogP contribution in [0, 0.1) is 5.82 Å². The molecular weight excluding hydrogens is 371 g/mol. The molecule has 4 rings (SSSR count). The number of rotatable bonds is 3. The van der Waals surface area contributed by atoms with Gasteiger partial charge in [0.2, 0.25) is 0 Å². The van der Waals surface area contributed by atoms with Crippen LogP contribution in [0.2, 0.25) is 0 Å². The average molecular weight is 396 g/mol. The number of morpholine rings is 1. The van der Waals surface area contributed by atoms with E-state index in [0.29, 0.717) is 13.1 Å². The Labute approximate surface area is 170 Å². The Kier molecular flexibility index (Phi) is 5.13. The summed E-state index contributed by atoms with van der Waals surface area (Å²) >= 11 is 0. The number of halogens is 1. The van der Waals surface area contributed by atoms with Gasteiger partial charge in [0.1, 0.15) is 5.82 Å². The standard InChI is InChI=1S/C23H25FN2O3/c1-16(2)26-14-20(17-7-4-3-5-8-17)23(22(26)28)15-25(11-12-29-23)21(27)18-9-6-10-19(24)13-18/h3-10,13,16,20H,11-12,14-15H2,1-2H3/t20-,23+/m1/s1. The summed E-state index contributed by atoms with van der Waals surface area (Å²) in [5.74, 6) is -1.00. The molecule has 2 amide bonds. The Balaban J connectivity index is 1.69. The molecule has 0 aliphatic carbocycles. The molecule has 2 atom stereocenters. The lowest BCUT2D eigenvalue weighted by Gasteiger charge is -2.42. The lowest BCUT2D eigenvalue weighted by atomic mass is 9.83. The normalized spacial score (nSPS) is 24.6. The van der Waals surface area contributed by atoms with Gasteiger partial charge in [-0.3, -0.25) is 9.59 Å². The van der Waals surface area contributed by atoms with Crippen LogP contribution in [0.3, 0.4) is 0 Å². The predicted octanol–water partition coefficient (Wildman–Crippen LogP) is 3.07. The molecule has 0 radical (unpaired) electrons. The van der Waals surface area contributed by atoms with Gasteiger partial charge < -0.3 is 14.5 Å². The van der Waals surface area contributed by atoms with Crippen molar-refractivity contribution in [2.75, 3.05) is 26.2 Å². The molecule has 2 aliphatic rings. The molecule has 2 aromatic rings. The summed E-state index contributed by atoms with van der Waals surface area (Å²) in [7, 11) is 0. The summed E-state index contributed by atoms with van der Waals surface area (Å²) in [4.78, 5) is 30.0. The lowest BCUT2D eigenvalue weighted by molar-refractivity contribution is -0.160. The molecule has 2 saturated heterocycles. The molecule has 29 heavy (non-hydrogen) atoms. The van der Waals surface area contributed by atoms with Gasteiger partial charge in [-0.15, -0.1) is 0 Å². The minimum absolute atomic E-state index is 0.0333. The Morgan fingerprint density at radius 1 is 1.17 bits per heavy atom. The van der Waals surface area contributed by atoms with Gasteiger partial charge >= 0.3 is 0 Å². The highest BCUT2D eigenvalue weighted by atomic mass is 19.1. The van der Waals surface area contributed by atoms with Gasteiger partial charge in [-0.1, -0.05) is 36.4 Å². The van der Waals surface area contributed by atoms with Crippen LogP contribution < -0.4 is 0 Å². The van der Waals surface area contributed by atoms with E-state index in [0.717, 1.165) is 5.56 Å². The van der Waals surface area contributed by atoms with E-state index in [2.05, 4.69) is 0 Å². The Morgan fingerprint density at radius 3 is 2.62 bits per heavy atom. The fourth-order valence-corrected chi connectivity index (χ4v) is 4.39. The topological polar surface area (TPSA) is 49.9 Å². The van der Waals surface area contributed by atoms with Crippen LogP contribution in [-0.2, 0) is 9.53 Å². The monoisotopic (exact) mass is 396 g/mol. The van der Waals surface area contributed by atoms with Crippen molar-refractivity contribution in [2.45, 2.75) is 31.4 Å². The maximum atomic E-state index is 13.6. The van der Waals surface area contributed by atoms with Crippen molar-refractivity contribution in [2.24, 2.45) is 0 Å². The number of nitrogens with zero attached hydrogens (tertiary/aromatic N) is 2. The zero-order chi connectivity index (χ0) is 20.6. The van der Waals surface area contributed by atoms with Crippen LogP contribution in [0.4, 0.5) is 4.39 Å². The maximum Gasteiger partial charge on any atom is 0.257 e. The van der Waals surface area contributed by atoms with Crippen LogP contribution in [0.1, 0.15) is 35.7 Å². The summed E-state index contributed by atoms with van der Waals surface area (Å²) < 4.78 is 19.8. The summed E-state index contributed by atoms with van der Waals surface area (Å²) in [5, 5.41) is 0. The molecule has 6 heteroatoms. The SMILES string of the molecule is CC(C)N1C[C@H](c2ccccc2)[C@@]2(CN(C(=O)c3cccc(F)c3)CCO2)C1=O. The molecule has 0 bridgehead atoms. The number of hydrogen-bond acceptors (Lipinski definition) is 3. The Hall–Kier alpha value is -2.73. The highest BCUT2D eigenvalue weighted by Crippen LogP contribution is 2.43. The molecule has 2 heterocycles. The third-order valence-corrected chi connectivity index (χ3v) is 5.90. The molecule has 0 unspecified atom stereocenters. The van der Waals surface area contributed by atoms with Gasteiger partial charge in [-0.05, 0) is 37.6 Å². The van der Waals surface area contributed by atoms with Gasteiger partial charge in [0.25, 0.3) is 11.8 Å². The van der Waals surface area contributed by atoms with Crippen LogP contribution >= 0.6 is 0 Å². The predicted molar refractivity (Wildman–Crippen MR) is 107 cm³/mol. The van der Waals surface area contributed by atoms with Crippen LogP contribution in [-0.4, -0.2) is 59.5 Å². The van der Waals surface area contributed by atoms with E-state index in [1.807, 2.05) is 49.1 Å². The number of amides is 2. The highest BCUT2D eigenvalue weighted by Gasteiger charge is 2.58. The third kappa shape index (κ3) is 3.42. The van der Waals surface area contributed by atoms with Gasteiger partial charge in [0.05, 0.1) is 13.2 Å². The molecule has 0 saturated carbocycles. The van der Waals surface area contributed by atoms with E-state index in [9.17, 15) is 14.0 Å². The van der Waals surface area contributed by atoms with Gasteiger partial charge in [0.15, 0.2) is 5.60 Å². The second-order valence-electron chi connectivity index (χ2n) is 7.99. The third-order valence-electron chi connectivity index (χ3n) is 5.90. The number of carbonyl (C=O) groups is 2. The molecule has 2 aliphatic heterocycles. The number of likely N-dealkylation sites (tertiary alicyclic amines) is 1. The molecule has 2 fully saturated rings. The second-order valence-corrected chi connectivity index (χ2v) is 7.99. The highest BCUT2D eigenvalue weighted by molar-refractivity contribution is 5.96. The first-order valence-corrected chi connectivity index (χ1v) is 9.97. The van der Waals surface area contributed by atoms with Crippen LogP contribution in [0.25, 0.3) is 0 Å². The van der Waals surface area contributed by atoms with E-state index in [1.165, 1.54) is 18.2 Å². The van der Waals surface area contributed by atoms with Gasteiger partial charge in [-0.25, -0.2) is 4.39 Å². The average Bonchev–Trinajstić information content (AvgIpc) is 3.00. The first-order valence-electron chi connectivity index (χ1n) is 9.97. The van der Waals surface area contributed by atoms with Crippen molar-refractivity contribution in [3.05, 3.63) is 71.5 Å². The van der Waals surface area contributed by atoms with Crippen molar-refractivity contribution < 1.29 is 18.7 Å². The molecular formula is C23H25FN2O3. The van der Waals surface area contributed by atoms with E-state index in [-0.39, 0.29) is 42.5 Å². The first kappa shape index (κ1) is 19.6. The van der Waals surface area contributed by atoms with Crippen molar-refractivity contribution in [1.29, 1.82) is 0 Å². The van der Waals surface area contributed by atoms with E-state index in [1.54, 1.807) is 11.0 Å². The molecule has 2 aromatic carbocycles. The maximum absolute atomic E-state index is 13.6. The Bertz CT molecular complexity index is 917. The molecule has 152 valence electrons. The fourth-order valence-electron chi connectivity index (χ4n) is 4.39. The first-order chi connectivity index (χ1) is 13.9. The summed E-state index contributed by atoms with van der Waals surface area (Å²) in [5.41, 5.74) is 0.181.